The first-order valence-electron chi connectivity index (χ1n) is 22.9. The van der Waals surface area contributed by atoms with Gasteiger partial charge in [0.2, 0.25) is 0 Å². The lowest BCUT2D eigenvalue weighted by Crippen LogP contribution is -2.16. The van der Waals surface area contributed by atoms with E-state index in [0.717, 1.165) is 38.5 Å². The summed E-state index contributed by atoms with van der Waals surface area (Å²) >= 11 is 0. The molecule has 0 amide bonds. The highest BCUT2D eigenvalue weighted by molar-refractivity contribution is 5.83. The van der Waals surface area contributed by atoms with Crippen molar-refractivity contribution in [2.75, 3.05) is 0 Å². The lowest BCUT2D eigenvalue weighted by Gasteiger charge is -2.33. The second kappa shape index (κ2) is 21.0. The van der Waals surface area contributed by atoms with E-state index in [-0.39, 0.29) is 0 Å². The summed E-state index contributed by atoms with van der Waals surface area (Å²) in [5, 5.41) is 2.64. The summed E-state index contributed by atoms with van der Waals surface area (Å²) in [6, 6.07) is 84.2. The van der Waals surface area contributed by atoms with Crippen molar-refractivity contribution in [3.05, 3.63) is 263 Å². The zero-order valence-electron chi connectivity index (χ0n) is 36.1. The highest BCUT2D eigenvalue weighted by Crippen LogP contribution is 2.47. The minimum absolute atomic E-state index is 0.363. The lowest BCUT2D eigenvalue weighted by atomic mass is 9.71. The molecule has 0 bridgehead atoms. The molecule has 0 fully saturated rings. The van der Waals surface area contributed by atoms with E-state index in [4.69, 9.17) is 0 Å². The molecule has 0 saturated heterocycles. The molecule has 8 aromatic rings. The molecule has 0 aliphatic heterocycles. The van der Waals surface area contributed by atoms with E-state index in [1.165, 1.54) is 49.7 Å². The Hall–Kier alpha value is -5.98. The predicted molar refractivity (Wildman–Crippen MR) is 261 cm³/mol. The van der Waals surface area contributed by atoms with Gasteiger partial charge in [-0.3, -0.25) is 0 Å². The Balaban J connectivity index is 1.18. The first-order valence-corrected chi connectivity index (χ1v) is 22.9. The number of rotatable bonds is 19. The number of hydrogen-bond donors (Lipinski definition) is 0. The van der Waals surface area contributed by atoms with Crippen molar-refractivity contribution < 1.29 is 0 Å². The number of benzene rings is 8. The van der Waals surface area contributed by atoms with Crippen molar-refractivity contribution in [3.8, 4) is 0 Å². The third-order valence-corrected chi connectivity index (χ3v) is 13.6. The summed E-state index contributed by atoms with van der Waals surface area (Å²) in [4.78, 5) is 0. The molecule has 0 aromatic heterocycles. The standard InChI is InChI=1S/C61H62/c1-46(48-23-9-3-10-24-48)39-57(50-27-13-5-14-28-50)42-59(52-31-17-7-18-32-52)44-60(53-33-19-8-20-34-53)45-61(56-38-37-54-35-21-22-36-55(54)41-56)43-58(51-29-15-6-16-30-51)40-47(2)49-25-11-4-12-26-49/h3-38,41,46-47,57-61H,39-40,42-45H2,1-2H3. The van der Waals surface area contributed by atoms with Gasteiger partial charge in [-0.1, -0.05) is 238 Å². The number of fused-ring (bicyclic) bond motifs is 1. The van der Waals surface area contributed by atoms with Gasteiger partial charge in [0.15, 0.2) is 0 Å². The molecule has 0 saturated carbocycles. The van der Waals surface area contributed by atoms with Crippen LogP contribution in [-0.4, -0.2) is 0 Å². The van der Waals surface area contributed by atoms with Crippen molar-refractivity contribution in [2.45, 2.75) is 93.8 Å². The lowest BCUT2D eigenvalue weighted by molar-refractivity contribution is 0.386. The third-order valence-electron chi connectivity index (χ3n) is 13.6. The zero-order valence-corrected chi connectivity index (χ0v) is 36.1. The fourth-order valence-corrected chi connectivity index (χ4v) is 10.3. The molecular formula is C61H62. The molecule has 0 radical (unpaired) electrons. The summed E-state index contributed by atoms with van der Waals surface area (Å²) in [5.74, 6) is 2.87. The van der Waals surface area contributed by atoms with Gasteiger partial charge in [0.25, 0.3) is 0 Å². The van der Waals surface area contributed by atoms with Crippen LogP contribution >= 0.6 is 0 Å². The largest absolute Gasteiger partial charge is 0.0622 e. The SMILES string of the molecule is CC(CC(CC(CC(CC(CC(CC(C)c1ccccc1)c1ccccc1)c1ccc2ccccc2c1)c1ccccc1)c1ccccc1)c1ccccc1)c1ccccc1. The second-order valence-electron chi connectivity index (χ2n) is 17.8. The van der Waals surface area contributed by atoms with Crippen LogP contribution in [0.1, 0.15) is 133 Å². The van der Waals surface area contributed by atoms with Crippen LogP contribution in [0.25, 0.3) is 10.8 Å². The first kappa shape index (κ1) is 41.7. The molecule has 0 heteroatoms. The van der Waals surface area contributed by atoms with Gasteiger partial charge in [0.1, 0.15) is 0 Å². The molecule has 0 nitrogen and oxygen atoms in total. The first-order chi connectivity index (χ1) is 30.1. The van der Waals surface area contributed by atoms with Crippen molar-refractivity contribution in [3.63, 3.8) is 0 Å². The summed E-state index contributed by atoms with van der Waals surface area (Å²) in [7, 11) is 0. The van der Waals surface area contributed by atoms with Crippen LogP contribution in [0, 0.1) is 0 Å². The maximum atomic E-state index is 2.51. The van der Waals surface area contributed by atoms with Crippen LogP contribution in [0.3, 0.4) is 0 Å². The Morgan fingerprint density at radius 1 is 0.230 bits per heavy atom. The van der Waals surface area contributed by atoms with E-state index in [0.29, 0.717) is 41.4 Å². The normalized spacial score (nSPS) is 15.0. The van der Waals surface area contributed by atoms with Crippen molar-refractivity contribution in [2.24, 2.45) is 0 Å². The Morgan fingerprint density at radius 3 is 0.836 bits per heavy atom. The molecule has 306 valence electrons. The van der Waals surface area contributed by atoms with Gasteiger partial charge in [-0.15, -0.1) is 0 Å². The maximum Gasteiger partial charge on any atom is -0.0150 e. The molecule has 8 aromatic carbocycles. The van der Waals surface area contributed by atoms with Gasteiger partial charge in [-0.2, -0.15) is 0 Å². The van der Waals surface area contributed by atoms with E-state index in [9.17, 15) is 0 Å². The van der Waals surface area contributed by atoms with E-state index < -0.39 is 0 Å². The quantitative estimate of drug-likeness (QED) is 0.0765. The van der Waals surface area contributed by atoms with Crippen molar-refractivity contribution >= 4 is 10.8 Å². The van der Waals surface area contributed by atoms with E-state index in [1.807, 2.05) is 0 Å². The molecule has 0 aliphatic carbocycles. The molecule has 7 unspecified atom stereocenters. The van der Waals surface area contributed by atoms with Crippen LogP contribution in [0.2, 0.25) is 0 Å². The van der Waals surface area contributed by atoms with Crippen LogP contribution < -0.4 is 0 Å². The monoisotopic (exact) mass is 794 g/mol. The molecule has 7 atom stereocenters. The topological polar surface area (TPSA) is 0 Å². The van der Waals surface area contributed by atoms with Crippen LogP contribution in [-0.2, 0) is 0 Å². The highest BCUT2D eigenvalue weighted by atomic mass is 14.3. The van der Waals surface area contributed by atoms with Crippen molar-refractivity contribution in [1.29, 1.82) is 0 Å². The Labute approximate surface area is 366 Å². The second-order valence-corrected chi connectivity index (χ2v) is 17.8. The van der Waals surface area contributed by atoms with Crippen LogP contribution in [0.5, 0.6) is 0 Å². The third kappa shape index (κ3) is 11.2. The van der Waals surface area contributed by atoms with Gasteiger partial charge < -0.3 is 0 Å². The summed E-state index contributed by atoms with van der Waals surface area (Å²) in [6.45, 7) is 4.85. The average molecular weight is 795 g/mol. The van der Waals surface area contributed by atoms with Gasteiger partial charge >= 0.3 is 0 Å². The van der Waals surface area contributed by atoms with Crippen LogP contribution in [0.15, 0.2) is 224 Å². The van der Waals surface area contributed by atoms with Gasteiger partial charge in [-0.05, 0) is 130 Å². The van der Waals surface area contributed by atoms with Crippen molar-refractivity contribution in [1.82, 2.24) is 0 Å². The molecule has 0 heterocycles. The fraction of sp³-hybridized carbons (Fsp3) is 0.246. The summed E-state index contributed by atoms with van der Waals surface area (Å²) < 4.78 is 0. The maximum absolute atomic E-state index is 2.51. The average Bonchev–Trinajstić information content (AvgIpc) is 3.34. The number of hydrogen-bond acceptors (Lipinski definition) is 0. The van der Waals surface area contributed by atoms with E-state index >= 15 is 0 Å². The molecule has 0 aliphatic rings. The molecule has 0 spiro atoms. The van der Waals surface area contributed by atoms with Crippen LogP contribution in [0.4, 0.5) is 0 Å². The Morgan fingerprint density at radius 2 is 0.492 bits per heavy atom. The highest BCUT2D eigenvalue weighted by Gasteiger charge is 2.30. The van der Waals surface area contributed by atoms with E-state index in [1.54, 1.807) is 0 Å². The minimum atomic E-state index is 0.363. The zero-order chi connectivity index (χ0) is 41.6. The van der Waals surface area contributed by atoms with Gasteiger partial charge in [0, 0.05) is 0 Å². The smallest absolute Gasteiger partial charge is 0.0150 e. The molecule has 0 N–H and O–H groups in total. The summed E-state index contributed by atoms with van der Waals surface area (Å²) in [5.41, 5.74) is 10.1. The minimum Gasteiger partial charge on any atom is -0.0622 e. The van der Waals surface area contributed by atoms with E-state index in [2.05, 4.69) is 238 Å². The fourth-order valence-electron chi connectivity index (χ4n) is 10.3. The molecule has 61 heavy (non-hydrogen) atoms. The molecular weight excluding hydrogens is 733 g/mol. The Kier molecular flexibility index (Phi) is 14.4. The van der Waals surface area contributed by atoms with Gasteiger partial charge in [-0.25, -0.2) is 0 Å². The summed E-state index contributed by atoms with van der Waals surface area (Å²) in [6.07, 6.45) is 6.61. The Bertz CT molecular complexity index is 2460. The molecule has 8 rings (SSSR count). The van der Waals surface area contributed by atoms with Gasteiger partial charge in [0.05, 0.1) is 0 Å². The predicted octanol–water partition coefficient (Wildman–Crippen LogP) is 17.0.